The molecule has 0 aliphatic rings. The van der Waals surface area contributed by atoms with Gasteiger partial charge < -0.3 is 11.1 Å². The van der Waals surface area contributed by atoms with Gasteiger partial charge in [-0.05, 0) is 30.3 Å². The van der Waals surface area contributed by atoms with Gasteiger partial charge in [-0.15, -0.1) is 0 Å². The van der Waals surface area contributed by atoms with Gasteiger partial charge in [0.25, 0.3) is 5.69 Å². The number of nitrogens with zero attached hydrogens (tertiary/aromatic N) is 1. The number of nitro benzene ring substituents is 1. The summed E-state index contributed by atoms with van der Waals surface area (Å²) in [5.41, 5.74) is 6.56. The first-order chi connectivity index (χ1) is 8.56. The second-order valence-corrected chi connectivity index (χ2v) is 3.67. The van der Waals surface area contributed by atoms with E-state index in [4.69, 9.17) is 5.73 Å². The van der Waals surface area contributed by atoms with E-state index in [0.717, 1.165) is 0 Å². The molecular weight excluding hydrogens is 237 g/mol. The summed E-state index contributed by atoms with van der Waals surface area (Å²) in [5, 5.41) is 13.5. The molecule has 0 unspecified atom stereocenters. The van der Waals surface area contributed by atoms with Crippen molar-refractivity contribution in [3.05, 3.63) is 58.4 Å². The van der Waals surface area contributed by atoms with Gasteiger partial charge in [-0.2, -0.15) is 0 Å². The van der Waals surface area contributed by atoms with Crippen LogP contribution in [0.2, 0.25) is 0 Å². The SMILES string of the molecule is Nc1cc(Nc2cccc(F)c2)ccc1[N+](=O)[O-]. The largest absolute Gasteiger partial charge is 0.393 e. The molecule has 5 nitrogen and oxygen atoms in total. The van der Waals surface area contributed by atoms with Crippen molar-refractivity contribution in [2.45, 2.75) is 0 Å². The number of rotatable bonds is 3. The Labute approximate surface area is 102 Å². The Hall–Kier alpha value is -2.63. The van der Waals surface area contributed by atoms with Crippen LogP contribution in [0.5, 0.6) is 0 Å². The average molecular weight is 247 g/mol. The normalized spacial score (nSPS) is 10.1. The molecule has 2 aromatic rings. The summed E-state index contributed by atoms with van der Waals surface area (Å²) in [7, 11) is 0. The highest BCUT2D eigenvalue weighted by Gasteiger charge is 2.11. The van der Waals surface area contributed by atoms with Crippen molar-refractivity contribution in [2.24, 2.45) is 0 Å². The van der Waals surface area contributed by atoms with Gasteiger partial charge >= 0.3 is 0 Å². The summed E-state index contributed by atoms with van der Waals surface area (Å²) >= 11 is 0. The average Bonchev–Trinajstić information content (AvgIpc) is 2.28. The number of benzene rings is 2. The molecule has 0 aliphatic carbocycles. The van der Waals surface area contributed by atoms with Crippen LogP contribution in [0.4, 0.5) is 27.1 Å². The summed E-state index contributed by atoms with van der Waals surface area (Å²) in [6.45, 7) is 0. The van der Waals surface area contributed by atoms with E-state index in [9.17, 15) is 14.5 Å². The van der Waals surface area contributed by atoms with Crippen molar-refractivity contribution < 1.29 is 9.31 Å². The lowest BCUT2D eigenvalue weighted by molar-refractivity contribution is -0.383. The van der Waals surface area contributed by atoms with Crippen LogP contribution in [-0.2, 0) is 0 Å². The van der Waals surface area contributed by atoms with E-state index in [-0.39, 0.29) is 17.2 Å². The number of nitrogens with one attached hydrogen (secondary N) is 1. The van der Waals surface area contributed by atoms with E-state index in [1.165, 1.54) is 30.3 Å². The highest BCUT2D eigenvalue weighted by molar-refractivity contribution is 5.69. The van der Waals surface area contributed by atoms with E-state index < -0.39 is 4.92 Å². The fourth-order valence-corrected chi connectivity index (χ4v) is 1.53. The number of hydrogen-bond donors (Lipinski definition) is 2. The maximum Gasteiger partial charge on any atom is 0.292 e. The zero-order chi connectivity index (χ0) is 13.1. The first-order valence-corrected chi connectivity index (χ1v) is 5.13. The lowest BCUT2D eigenvalue weighted by atomic mass is 10.2. The Balaban J connectivity index is 2.25. The predicted octanol–water partition coefficient (Wildman–Crippen LogP) is 3.06. The van der Waals surface area contributed by atoms with E-state index in [1.807, 2.05) is 0 Å². The molecule has 92 valence electrons. The molecule has 0 atom stereocenters. The van der Waals surface area contributed by atoms with E-state index >= 15 is 0 Å². The Morgan fingerprint density at radius 1 is 1.17 bits per heavy atom. The van der Waals surface area contributed by atoms with Gasteiger partial charge in [0.2, 0.25) is 0 Å². The maximum absolute atomic E-state index is 13.0. The first-order valence-electron chi connectivity index (χ1n) is 5.13. The lowest BCUT2D eigenvalue weighted by Crippen LogP contribution is -1.97. The molecule has 0 spiro atoms. The predicted molar refractivity (Wildman–Crippen MR) is 67.2 cm³/mol. The standard InChI is InChI=1S/C12H10FN3O2/c13-8-2-1-3-9(6-8)15-10-4-5-12(16(17)18)11(14)7-10/h1-7,15H,14H2. The number of anilines is 3. The summed E-state index contributed by atoms with van der Waals surface area (Å²) in [6, 6.07) is 10.1. The molecule has 0 bridgehead atoms. The minimum Gasteiger partial charge on any atom is -0.393 e. The second-order valence-electron chi connectivity index (χ2n) is 3.67. The van der Waals surface area contributed by atoms with Crippen molar-refractivity contribution in [3.63, 3.8) is 0 Å². The third-order valence-corrected chi connectivity index (χ3v) is 2.34. The van der Waals surface area contributed by atoms with Crippen molar-refractivity contribution >= 4 is 22.7 Å². The van der Waals surface area contributed by atoms with Crippen molar-refractivity contribution in [3.8, 4) is 0 Å². The molecule has 0 amide bonds. The van der Waals surface area contributed by atoms with Crippen LogP contribution < -0.4 is 11.1 Å². The summed E-state index contributed by atoms with van der Waals surface area (Å²) in [6.07, 6.45) is 0. The molecule has 0 heterocycles. The fraction of sp³-hybridized carbons (Fsp3) is 0. The summed E-state index contributed by atoms with van der Waals surface area (Å²) in [5.74, 6) is -0.366. The minimum atomic E-state index is -0.554. The molecular formula is C12H10FN3O2. The van der Waals surface area contributed by atoms with Crippen molar-refractivity contribution in [2.75, 3.05) is 11.1 Å². The number of halogens is 1. The molecule has 0 saturated heterocycles. The van der Waals surface area contributed by atoms with Crippen LogP contribution in [0.15, 0.2) is 42.5 Å². The summed E-state index contributed by atoms with van der Waals surface area (Å²) < 4.78 is 13.0. The number of hydrogen-bond acceptors (Lipinski definition) is 4. The minimum absolute atomic E-state index is 0.0569. The Morgan fingerprint density at radius 2 is 1.89 bits per heavy atom. The van der Waals surface area contributed by atoms with Crippen LogP contribution in [0, 0.1) is 15.9 Å². The second kappa shape index (κ2) is 4.70. The highest BCUT2D eigenvalue weighted by atomic mass is 19.1. The van der Waals surface area contributed by atoms with Gasteiger partial charge in [-0.1, -0.05) is 6.07 Å². The first kappa shape index (κ1) is 11.8. The lowest BCUT2D eigenvalue weighted by Gasteiger charge is -2.07. The molecule has 2 aromatic carbocycles. The molecule has 0 saturated carbocycles. The number of nitrogens with two attached hydrogens (primary N) is 1. The van der Waals surface area contributed by atoms with Gasteiger partial charge in [0, 0.05) is 17.4 Å². The Bertz CT molecular complexity index is 602. The Kier molecular flexibility index (Phi) is 3.09. The van der Waals surface area contributed by atoms with Gasteiger partial charge in [-0.25, -0.2) is 4.39 Å². The van der Waals surface area contributed by atoms with E-state index in [0.29, 0.717) is 11.4 Å². The van der Waals surface area contributed by atoms with Gasteiger partial charge in [-0.3, -0.25) is 10.1 Å². The van der Waals surface area contributed by atoms with Gasteiger partial charge in [0.05, 0.1) is 4.92 Å². The van der Waals surface area contributed by atoms with Crippen LogP contribution in [0.1, 0.15) is 0 Å². The highest BCUT2D eigenvalue weighted by Crippen LogP contribution is 2.26. The molecule has 6 heteroatoms. The number of nitrogen functional groups attached to an aromatic ring is 1. The topological polar surface area (TPSA) is 81.2 Å². The quantitative estimate of drug-likeness (QED) is 0.496. The van der Waals surface area contributed by atoms with Gasteiger partial charge in [0.1, 0.15) is 11.5 Å². The zero-order valence-corrected chi connectivity index (χ0v) is 9.26. The molecule has 2 rings (SSSR count). The maximum atomic E-state index is 13.0. The zero-order valence-electron chi connectivity index (χ0n) is 9.26. The van der Waals surface area contributed by atoms with Crippen LogP contribution in [0.3, 0.4) is 0 Å². The molecule has 18 heavy (non-hydrogen) atoms. The van der Waals surface area contributed by atoms with Crippen molar-refractivity contribution in [1.82, 2.24) is 0 Å². The van der Waals surface area contributed by atoms with Crippen molar-refractivity contribution in [1.29, 1.82) is 0 Å². The fourth-order valence-electron chi connectivity index (χ4n) is 1.53. The van der Waals surface area contributed by atoms with Crippen LogP contribution in [0.25, 0.3) is 0 Å². The van der Waals surface area contributed by atoms with E-state index in [1.54, 1.807) is 12.1 Å². The van der Waals surface area contributed by atoms with Gasteiger partial charge in [0.15, 0.2) is 0 Å². The van der Waals surface area contributed by atoms with E-state index in [2.05, 4.69) is 5.32 Å². The molecule has 0 aliphatic heterocycles. The number of nitro groups is 1. The third kappa shape index (κ3) is 2.54. The molecule has 3 N–H and O–H groups in total. The summed E-state index contributed by atoms with van der Waals surface area (Å²) in [4.78, 5) is 10.0. The Morgan fingerprint density at radius 3 is 2.50 bits per heavy atom. The van der Waals surface area contributed by atoms with Crippen LogP contribution >= 0.6 is 0 Å². The monoisotopic (exact) mass is 247 g/mol. The smallest absolute Gasteiger partial charge is 0.292 e. The third-order valence-electron chi connectivity index (χ3n) is 2.34. The molecule has 0 radical (unpaired) electrons. The van der Waals surface area contributed by atoms with Crippen LogP contribution in [-0.4, -0.2) is 4.92 Å². The molecule has 0 fully saturated rings. The molecule has 0 aromatic heterocycles.